The smallest absolute Gasteiger partial charge is 0.303 e. The number of aryl methyl sites for hydroxylation is 1. The van der Waals surface area contributed by atoms with Crippen molar-refractivity contribution in [1.29, 1.82) is 0 Å². The summed E-state index contributed by atoms with van der Waals surface area (Å²) in [6.07, 6.45) is 4.36. The molecule has 1 aromatic carbocycles. The van der Waals surface area contributed by atoms with E-state index in [2.05, 4.69) is 0 Å². The summed E-state index contributed by atoms with van der Waals surface area (Å²) in [6.45, 7) is 14.0. The van der Waals surface area contributed by atoms with Gasteiger partial charge in [-0.3, -0.25) is 14.4 Å². The van der Waals surface area contributed by atoms with Crippen LogP contribution in [-0.2, 0) is 33.7 Å². The first-order valence-corrected chi connectivity index (χ1v) is 14.8. The van der Waals surface area contributed by atoms with Gasteiger partial charge in [-0.05, 0) is 81.4 Å². The number of ether oxygens (including phenoxy) is 2. The average Bonchev–Trinajstić information content (AvgIpc) is 2.80. The van der Waals surface area contributed by atoms with E-state index in [1.165, 1.54) is 13.8 Å². The van der Waals surface area contributed by atoms with Crippen LogP contribution in [0.15, 0.2) is 63.6 Å². The number of hydrogen-bond donors (Lipinski definition) is 0. The van der Waals surface area contributed by atoms with E-state index in [0.717, 1.165) is 16.7 Å². The third kappa shape index (κ3) is 9.02. The number of hydrogen-bond acceptors (Lipinski definition) is 7. The van der Waals surface area contributed by atoms with Crippen molar-refractivity contribution in [3.05, 3.63) is 64.3 Å². The van der Waals surface area contributed by atoms with Crippen LogP contribution in [0.4, 0.5) is 0 Å². The summed E-state index contributed by atoms with van der Waals surface area (Å²) in [5.74, 6) is -0.875. The number of rotatable bonds is 11. The number of ketones is 1. The number of sulfone groups is 1. The molecular formula is C31H42O7S. The summed E-state index contributed by atoms with van der Waals surface area (Å²) in [5, 5.41) is -0.950. The van der Waals surface area contributed by atoms with Crippen molar-refractivity contribution < 1.29 is 32.3 Å². The van der Waals surface area contributed by atoms with E-state index < -0.39 is 32.6 Å². The molecular weight excluding hydrogens is 516 g/mol. The Balaban J connectivity index is 2.54. The third-order valence-corrected chi connectivity index (χ3v) is 9.19. The molecule has 39 heavy (non-hydrogen) atoms. The van der Waals surface area contributed by atoms with Crippen molar-refractivity contribution >= 4 is 27.6 Å². The second-order valence-electron chi connectivity index (χ2n) is 11.1. The molecule has 0 saturated carbocycles. The zero-order valence-corrected chi connectivity index (χ0v) is 25.2. The van der Waals surface area contributed by atoms with Gasteiger partial charge in [-0.15, -0.1) is 0 Å². The van der Waals surface area contributed by atoms with Gasteiger partial charge in [0.2, 0.25) is 0 Å². The Morgan fingerprint density at radius 1 is 0.974 bits per heavy atom. The normalized spacial score (nSPS) is 18.0. The number of esters is 2. The number of allylic oxidation sites excluding steroid dienone is 2. The van der Waals surface area contributed by atoms with Crippen LogP contribution in [0.3, 0.4) is 0 Å². The largest absolute Gasteiger partial charge is 0.462 e. The maximum Gasteiger partial charge on any atom is 0.303 e. The van der Waals surface area contributed by atoms with Crippen molar-refractivity contribution in [2.45, 2.75) is 97.3 Å². The highest BCUT2D eigenvalue weighted by Crippen LogP contribution is 2.45. The molecule has 8 heteroatoms. The molecule has 0 aliphatic heterocycles. The molecule has 2 unspecified atom stereocenters. The molecule has 0 radical (unpaired) electrons. The molecule has 214 valence electrons. The highest BCUT2D eigenvalue weighted by atomic mass is 32.2. The lowest BCUT2D eigenvalue weighted by Gasteiger charge is -2.38. The van der Waals surface area contributed by atoms with E-state index in [9.17, 15) is 22.8 Å². The van der Waals surface area contributed by atoms with Gasteiger partial charge in [0, 0.05) is 26.7 Å². The van der Waals surface area contributed by atoms with E-state index >= 15 is 0 Å². The molecule has 0 N–H and O–H groups in total. The van der Waals surface area contributed by atoms with Gasteiger partial charge in [0.1, 0.15) is 12.7 Å². The van der Waals surface area contributed by atoms with Crippen molar-refractivity contribution in [3.8, 4) is 0 Å². The van der Waals surface area contributed by atoms with Crippen molar-refractivity contribution in [2.75, 3.05) is 6.61 Å². The number of carbonyl (C=O) groups is 3. The van der Waals surface area contributed by atoms with Crippen molar-refractivity contribution in [1.82, 2.24) is 0 Å². The van der Waals surface area contributed by atoms with E-state index in [-0.39, 0.29) is 29.7 Å². The van der Waals surface area contributed by atoms with Gasteiger partial charge in [-0.25, -0.2) is 8.42 Å². The molecule has 1 aromatic rings. The lowest BCUT2D eigenvalue weighted by atomic mass is 9.70. The first-order chi connectivity index (χ1) is 18.0. The highest BCUT2D eigenvalue weighted by Gasteiger charge is 2.42. The number of Topliss-reactive ketones (excluding diaryl/α,β-unsaturated/α-hetero) is 1. The Hall–Kier alpha value is -3.00. The maximum atomic E-state index is 14.1. The molecule has 2 atom stereocenters. The zero-order chi connectivity index (χ0) is 29.5. The lowest BCUT2D eigenvalue weighted by Crippen LogP contribution is -2.37. The van der Waals surface area contributed by atoms with Crippen LogP contribution in [0.1, 0.15) is 79.7 Å². The lowest BCUT2D eigenvalue weighted by molar-refractivity contribution is -0.144. The minimum absolute atomic E-state index is 0.0265. The molecule has 0 spiro atoms. The van der Waals surface area contributed by atoms with Crippen LogP contribution in [0, 0.1) is 12.3 Å². The molecule has 0 saturated heterocycles. The monoisotopic (exact) mass is 558 g/mol. The summed E-state index contributed by atoms with van der Waals surface area (Å²) >= 11 is 0. The SMILES string of the molecule is CC(=O)OC/C=C(\C)CC(/C=C(\C)CC(C1=C(C)C(=O)CCC1(C)C)S(=O)(=O)c1ccc(C)cc1)OC(C)=O. The summed E-state index contributed by atoms with van der Waals surface area (Å²) in [5.41, 5.74) is 3.21. The maximum absolute atomic E-state index is 14.1. The van der Waals surface area contributed by atoms with E-state index in [1.54, 1.807) is 43.3 Å². The van der Waals surface area contributed by atoms with Crippen LogP contribution in [-0.4, -0.2) is 44.1 Å². The zero-order valence-electron chi connectivity index (χ0n) is 24.4. The topological polar surface area (TPSA) is 104 Å². The predicted molar refractivity (Wildman–Crippen MR) is 152 cm³/mol. The van der Waals surface area contributed by atoms with Gasteiger partial charge in [-0.1, -0.05) is 42.7 Å². The van der Waals surface area contributed by atoms with Crippen LogP contribution < -0.4 is 0 Å². The molecule has 2 rings (SSSR count). The average molecular weight is 559 g/mol. The molecule has 7 nitrogen and oxygen atoms in total. The highest BCUT2D eigenvalue weighted by molar-refractivity contribution is 7.92. The first-order valence-electron chi connectivity index (χ1n) is 13.2. The second kappa shape index (κ2) is 13.4. The Bertz CT molecular complexity index is 1280. The second-order valence-corrected chi connectivity index (χ2v) is 13.2. The molecule has 1 aliphatic carbocycles. The Morgan fingerprint density at radius 2 is 1.59 bits per heavy atom. The minimum atomic E-state index is -3.86. The van der Waals surface area contributed by atoms with Crippen LogP contribution in [0.2, 0.25) is 0 Å². The number of carbonyl (C=O) groups excluding carboxylic acids is 3. The van der Waals surface area contributed by atoms with Gasteiger partial charge in [0.15, 0.2) is 15.6 Å². The Kier molecular flexibility index (Phi) is 11.0. The quantitative estimate of drug-likeness (QED) is 0.242. The molecule has 0 bridgehead atoms. The fourth-order valence-corrected chi connectivity index (χ4v) is 7.20. The summed E-state index contributed by atoms with van der Waals surface area (Å²) < 4.78 is 38.7. The van der Waals surface area contributed by atoms with E-state index in [0.29, 0.717) is 30.4 Å². The van der Waals surface area contributed by atoms with Gasteiger partial charge >= 0.3 is 11.9 Å². The molecule has 0 fully saturated rings. The van der Waals surface area contributed by atoms with Crippen LogP contribution in [0.5, 0.6) is 0 Å². The fraction of sp³-hybridized carbons (Fsp3) is 0.516. The standard InChI is InChI=1S/C31H42O7S/c1-20-9-11-27(12-10-20)39(35,36)29(30-23(4)28(34)13-15-31(30,7)8)19-22(3)18-26(38-25(6)33)17-21(2)14-16-37-24(5)32/h9-12,14,18,26,29H,13,15-17,19H2,1-8H3/b21-14+,22-18+. The van der Waals surface area contributed by atoms with Crippen molar-refractivity contribution in [3.63, 3.8) is 0 Å². The molecule has 1 aliphatic rings. The number of benzene rings is 1. The molecule has 0 aromatic heterocycles. The molecule has 0 amide bonds. The van der Waals surface area contributed by atoms with Crippen LogP contribution >= 0.6 is 0 Å². The fourth-order valence-electron chi connectivity index (χ4n) is 5.07. The van der Waals surface area contributed by atoms with E-state index in [4.69, 9.17) is 9.47 Å². The van der Waals surface area contributed by atoms with Gasteiger partial charge in [-0.2, -0.15) is 0 Å². The third-order valence-electron chi connectivity index (χ3n) is 7.11. The van der Waals surface area contributed by atoms with E-state index in [1.807, 2.05) is 34.6 Å². The van der Waals surface area contributed by atoms with Gasteiger partial charge in [0.25, 0.3) is 0 Å². The summed E-state index contributed by atoms with van der Waals surface area (Å²) in [7, 11) is -3.86. The Labute approximate surface area is 233 Å². The summed E-state index contributed by atoms with van der Waals surface area (Å²) in [6, 6.07) is 6.77. The first kappa shape index (κ1) is 32.2. The summed E-state index contributed by atoms with van der Waals surface area (Å²) in [4.78, 5) is 35.9. The van der Waals surface area contributed by atoms with Gasteiger partial charge in [0.05, 0.1) is 10.1 Å². The van der Waals surface area contributed by atoms with Crippen molar-refractivity contribution in [2.24, 2.45) is 5.41 Å². The predicted octanol–water partition coefficient (Wildman–Crippen LogP) is 6.01. The van der Waals surface area contributed by atoms with Gasteiger partial charge < -0.3 is 9.47 Å². The minimum Gasteiger partial charge on any atom is -0.462 e. The Morgan fingerprint density at radius 3 is 2.15 bits per heavy atom. The van der Waals surface area contributed by atoms with Crippen LogP contribution in [0.25, 0.3) is 0 Å². The molecule has 0 heterocycles.